The van der Waals surface area contributed by atoms with Gasteiger partial charge in [-0.3, -0.25) is 4.79 Å². The molecular formula is C14H18ClFO2. The van der Waals surface area contributed by atoms with Gasteiger partial charge in [0.1, 0.15) is 11.9 Å². The van der Waals surface area contributed by atoms with Gasteiger partial charge in [-0.15, -0.1) is 0 Å². The molecule has 0 N–H and O–H groups in total. The van der Waals surface area contributed by atoms with Gasteiger partial charge in [0.25, 0.3) is 0 Å². The quantitative estimate of drug-likeness (QED) is 0.790. The van der Waals surface area contributed by atoms with E-state index in [1.54, 1.807) is 6.07 Å². The summed E-state index contributed by atoms with van der Waals surface area (Å²) in [5.41, 5.74) is 0.245. The van der Waals surface area contributed by atoms with Crippen LogP contribution >= 0.6 is 11.6 Å². The van der Waals surface area contributed by atoms with E-state index >= 15 is 0 Å². The van der Waals surface area contributed by atoms with Gasteiger partial charge in [0.15, 0.2) is 5.78 Å². The molecule has 4 heteroatoms. The van der Waals surface area contributed by atoms with E-state index < -0.39 is 11.9 Å². The molecule has 1 aromatic rings. The van der Waals surface area contributed by atoms with Crippen molar-refractivity contribution in [1.82, 2.24) is 0 Å². The van der Waals surface area contributed by atoms with Crippen LogP contribution in [-0.2, 0) is 16.0 Å². The van der Waals surface area contributed by atoms with E-state index in [2.05, 4.69) is 0 Å². The van der Waals surface area contributed by atoms with Gasteiger partial charge in [0.05, 0.1) is 0 Å². The van der Waals surface area contributed by atoms with Gasteiger partial charge in [0, 0.05) is 23.6 Å². The Bertz CT molecular complexity index is 398. The number of halogens is 2. The second-order valence-electron chi connectivity index (χ2n) is 4.46. The molecule has 0 bridgehead atoms. The lowest BCUT2D eigenvalue weighted by Gasteiger charge is -2.19. The van der Waals surface area contributed by atoms with E-state index in [-0.39, 0.29) is 28.7 Å². The molecule has 0 aliphatic carbocycles. The van der Waals surface area contributed by atoms with Crippen molar-refractivity contribution in [1.29, 1.82) is 0 Å². The Morgan fingerprint density at radius 3 is 2.61 bits per heavy atom. The van der Waals surface area contributed by atoms with Crippen LogP contribution in [0.1, 0.15) is 26.3 Å². The lowest BCUT2D eigenvalue weighted by molar-refractivity contribution is -0.132. The summed E-state index contributed by atoms with van der Waals surface area (Å²) in [6, 6.07) is 4.41. The summed E-state index contributed by atoms with van der Waals surface area (Å²) in [7, 11) is 0. The van der Waals surface area contributed by atoms with Gasteiger partial charge in [0.2, 0.25) is 0 Å². The first-order valence-electron chi connectivity index (χ1n) is 6.04. The topological polar surface area (TPSA) is 26.3 Å². The van der Waals surface area contributed by atoms with Crippen molar-refractivity contribution < 1.29 is 13.9 Å². The monoisotopic (exact) mass is 272 g/mol. The maximum Gasteiger partial charge on any atom is 0.166 e. The molecule has 2 nitrogen and oxygen atoms in total. The molecule has 0 amide bonds. The van der Waals surface area contributed by atoms with Crippen molar-refractivity contribution in [2.24, 2.45) is 5.92 Å². The third-order valence-corrected chi connectivity index (χ3v) is 3.04. The zero-order valence-electron chi connectivity index (χ0n) is 10.9. The highest BCUT2D eigenvalue weighted by molar-refractivity contribution is 6.31. The molecule has 0 fully saturated rings. The molecule has 18 heavy (non-hydrogen) atoms. The molecule has 0 aromatic heterocycles. The van der Waals surface area contributed by atoms with E-state index in [0.717, 1.165) is 0 Å². The average molecular weight is 273 g/mol. The van der Waals surface area contributed by atoms with Gasteiger partial charge in [-0.25, -0.2) is 4.39 Å². The minimum atomic E-state index is -0.509. The molecule has 1 atom stereocenters. The Balaban J connectivity index is 2.86. The van der Waals surface area contributed by atoms with Crippen LogP contribution in [0.2, 0.25) is 5.02 Å². The van der Waals surface area contributed by atoms with Crippen LogP contribution < -0.4 is 0 Å². The number of carbonyl (C=O) groups is 1. The first-order valence-corrected chi connectivity index (χ1v) is 6.42. The minimum absolute atomic E-state index is 0.0334. The third kappa shape index (κ3) is 3.79. The van der Waals surface area contributed by atoms with E-state index in [1.807, 2.05) is 20.8 Å². The summed E-state index contributed by atoms with van der Waals surface area (Å²) < 4.78 is 19.0. The number of rotatable bonds is 6. The van der Waals surface area contributed by atoms with Crippen LogP contribution in [0.15, 0.2) is 18.2 Å². The predicted molar refractivity (Wildman–Crippen MR) is 70.4 cm³/mol. The second kappa shape index (κ2) is 6.86. The number of carbonyl (C=O) groups excluding carboxylic acids is 1. The lowest BCUT2D eigenvalue weighted by atomic mass is 9.97. The Morgan fingerprint density at radius 2 is 2.11 bits per heavy atom. The summed E-state index contributed by atoms with van der Waals surface area (Å²) in [5.74, 6) is -0.531. The molecule has 1 rings (SSSR count). The number of Topliss-reactive ketones (excluding diaryl/α,β-unsaturated/α-hetero) is 1. The van der Waals surface area contributed by atoms with Crippen LogP contribution in [0.5, 0.6) is 0 Å². The fourth-order valence-corrected chi connectivity index (χ4v) is 2.04. The second-order valence-corrected chi connectivity index (χ2v) is 4.87. The molecular weight excluding hydrogens is 255 g/mol. The van der Waals surface area contributed by atoms with Crippen molar-refractivity contribution in [2.45, 2.75) is 33.3 Å². The maximum atomic E-state index is 13.6. The largest absolute Gasteiger partial charge is 0.370 e. The smallest absolute Gasteiger partial charge is 0.166 e. The number of hydrogen-bond donors (Lipinski definition) is 0. The molecule has 1 aromatic carbocycles. The molecule has 0 saturated heterocycles. The number of benzene rings is 1. The molecule has 0 heterocycles. The zero-order chi connectivity index (χ0) is 13.7. The highest BCUT2D eigenvalue weighted by Crippen LogP contribution is 2.21. The normalized spacial score (nSPS) is 12.8. The van der Waals surface area contributed by atoms with Gasteiger partial charge in [-0.1, -0.05) is 31.5 Å². The summed E-state index contributed by atoms with van der Waals surface area (Å²) in [5, 5.41) is 0.280. The van der Waals surface area contributed by atoms with Crippen LogP contribution in [0, 0.1) is 11.7 Å². The number of ketones is 1. The van der Waals surface area contributed by atoms with Crippen LogP contribution in [0.3, 0.4) is 0 Å². The molecule has 0 aliphatic heterocycles. The first-order chi connectivity index (χ1) is 8.47. The van der Waals surface area contributed by atoms with Gasteiger partial charge in [-0.2, -0.15) is 0 Å². The van der Waals surface area contributed by atoms with Crippen LogP contribution in [0.4, 0.5) is 4.39 Å². The summed E-state index contributed by atoms with van der Waals surface area (Å²) in [4.78, 5) is 12.1. The summed E-state index contributed by atoms with van der Waals surface area (Å²) >= 11 is 5.90. The number of hydrogen-bond acceptors (Lipinski definition) is 2. The Hall–Kier alpha value is -0.930. The zero-order valence-corrected chi connectivity index (χ0v) is 11.6. The van der Waals surface area contributed by atoms with E-state index in [4.69, 9.17) is 16.3 Å². The van der Waals surface area contributed by atoms with E-state index in [9.17, 15) is 9.18 Å². The third-order valence-electron chi connectivity index (χ3n) is 2.68. The first kappa shape index (κ1) is 15.1. The maximum absolute atomic E-state index is 13.6. The molecule has 100 valence electrons. The van der Waals surface area contributed by atoms with Crippen molar-refractivity contribution in [3.05, 3.63) is 34.6 Å². The summed E-state index contributed by atoms with van der Waals surface area (Å²) in [6.45, 7) is 6.10. The fraction of sp³-hybridized carbons (Fsp3) is 0.500. The molecule has 0 spiro atoms. The molecule has 1 unspecified atom stereocenters. The van der Waals surface area contributed by atoms with Crippen molar-refractivity contribution >= 4 is 17.4 Å². The lowest BCUT2D eigenvalue weighted by Crippen LogP contribution is -2.31. The fourth-order valence-electron chi connectivity index (χ4n) is 1.81. The Kier molecular flexibility index (Phi) is 5.76. The SMILES string of the molecule is CCOC(C(=O)Cc1c(F)cccc1Cl)C(C)C. The Labute approximate surface area is 112 Å². The van der Waals surface area contributed by atoms with Crippen molar-refractivity contribution in [2.75, 3.05) is 6.61 Å². The highest BCUT2D eigenvalue weighted by atomic mass is 35.5. The average Bonchev–Trinajstić information content (AvgIpc) is 2.30. The highest BCUT2D eigenvalue weighted by Gasteiger charge is 2.24. The van der Waals surface area contributed by atoms with E-state index in [0.29, 0.717) is 6.61 Å². The van der Waals surface area contributed by atoms with Gasteiger partial charge < -0.3 is 4.74 Å². The summed E-state index contributed by atoms with van der Waals surface area (Å²) in [6.07, 6.45) is -0.542. The predicted octanol–water partition coefficient (Wildman–Crippen LogP) is 3.65. The molecule has 0 saturated carbocycles. The van der Waals surface area contributed by atoms with Crippen LogP contribution in [-0.4, -0.2) is 18.5 Å². The standard InChI is InChI=1S/C14H18ClFO2/c1-4-18-14(9(2)3)13(17)8-10-11(15)6-5-7-12(10)16/h5-7,9,14H,4,8H2,1-3H3. The van der Waals surface area contributed by atoms with Crippen LogP contribution in [0.25, 0.3) is 0 Å². The van der Waals surface area contributed by atoms with Crippen molar-refractivity contribution in [3.63, 3.8) is 0 Å². The Morgan fingerprint density at radius 1 is 1.44 bits per heavy atom. The van der Waals surface area contributed by atoms with Crippen molar-refractivity contribution in [3.8, 4) is 0 Å². The molecule has 0 aliphatic rings. The van der Waals surface area contributed by atoms with Gasteiger partial charge in [-0.05, 0) is 25.0 Å². The minimum Gasteiger partial charge on any atom is -0.370 e. The van der Waals surface area contributed by atoms with E-state index in [1.165, 1.54) is 12.1 Å². The van der Waals surface area contributed by atoms with Gasteiger partial charge >= 0.3 is 0 Å². The molecule has 0 radical (unpaired) electrons. The number of ether oxygens (including phenoxy) is 1.